The maximum atomic E-state index is 11.9. The Labute approximate surface area is 165 Å². The molecule has 4 bridgehead atoms. The smallest absolute Gasteiger partial charge is 0.252 e. The molecule has 0 spiro atoms. The number of nitrogens with zero attached hydrogens (tertiary/aromatic N) is 3. The number of hydrogen-bond donors (Lipinski definition) is 3. The number of primary amides is 1. The topological polar surface area (TPSA) is 113 Å². The Morgan fingerprint density at radius 2 is 1.96 bits per heavy atom. The minimum atomic E-state index is -0.494. The number of amides is 1. The Bertz CT molecular complexity index is 765. The molecule has 0 aromatic carbocycles. The number of aromatic nitrogens is 2. The molecule has 0 radical (unpaired) electrons. The third kappa shape index (κ3) is 2.90. The van der Waals surface area contributed by atoms with Crippen molar-refractivity contribution in [3.63, 3.8) is 0 Å². The molecule has 7 heteroatoms. The van der Waals surface area contributed by atoms with E-state index in [1.807, 2.05) is 0 Å². The summed E-state index contributed by atoms with van der Waals surface area (Å²) >= 11 is 0. The average Bonchev–Trinajstić information content (AvgIpc) is 2.57. The SMILES string of the molecule is NC(=O)c1cnc(N(CCO)C2C3CC4CC2CC(O)(C4)C3)nc1C1CCC1. The maximum Gasteiger partial charge on any atom is 0.252 e. The molecule has 1 aromatic rings. The zero-order valence-electron chi connectivity index (χ0n) is 16.3. The van der Waals surface area contributed by atoms with Crippen molar-refractivity contribution >= 4 is 11.9 Å². The third-order valence-electron chi connectivity index (χ3n) is 7.71. The Hall–Kier alpha value is -1.73. The fourth-order valence-electron chi connectivity index (χ4n) is 6.66. The lowest BCUT2D eigenvalue weighted by Crippen LogP contribution is -2.62. The summed E-state index contributed by atoms with van der Waals surface area (Å²) in [5.74, 6) is 1.85. The first kappa shape index (κ1) is 18.3. The van der Waals surface area contributed by atoms with Crippen LogP contribution in [0.1, 0.15) is 73.3 Å². The summed E-state index contributed by atoms with van der Waals surface area (Å²) in [7, 11) is 0. The zero-order valence-corrected chi connectivity index (χ0v) is 16.3. The highest BCUT2D eigenvalue weighted by atomic mass is 16.3. The number of aliphatic hydroxyl groups is 2. The Morgan fingerprint density at radius 3 is 2.50 bits per heavy atom. The first-order valence-corrected chi connectivity index (χ1v) is 10.7. The summed E-state index contributed by atoms with van der Waals surface area (Å²) < 4.78 is 0. The van der Waals surface area contributed by atoms with Crippen LogP contribution in [0.25, 0.3) is 0 Å². The highest BCUT2D eigenvalue weighted by molar-refractivity contribution is 5.93. The third-order valence-corrected chi connectivity index (χ3v) is 7.71. The van der Waals surface area contributed by atoms with Crippen LogP contribution in [0.2, 0.25) is 0 Å². The summed E-state index contributed by atoms with van der Waals surface area (Å²) in [4.78, 5) is 23.4. The quantitative estimate of drug-likeness (QED) is 0.684. The number of nitrogens with two attached hydrogens (primary N) is 1. The molecule has 1 heterocycles. The zero-order chi connectivity index (χ0) is 19.5. The van der Waals surface area contributed by atoms with Gasteiger partial charge in [0.05, 0.1) is 23.5 Å². The van der Waals surface area contributed by atoms with Gasteiger partial charge in [-0.05, 0) is 62.7 Å². The second-order valence-electron chi connectivity index (χ2n) is 9.56. The van der Waals surface area contributed by atoms with E-state index >= 15 is 0 Å². The second kappa shape index (κ2) is 6.66. The largest absolute Gasteiger partial charge is 0.395 e. The molecule has 5 aliphatic carbocycles. The number of anilines is 1. The Kier molecular flexibility index (Phi) is 4.36. The van der Waals surface area contributed by atoms with Gasteiger partial charge in [-0.3, -0.25) is 4.79 Å². The lowest BCUT2D eigenvalue weighted by atomic mass is 9.52. The summed E-state index contributed by atoms with van der Waals surface area (Å²) in [6.07, 6.45) is 9.67. The molecule has 1 amide bonds. The number of carbonyl (C=O) groups excluding carboxylic acids is 1. The standard InChI is InChI=1S/C21H30N4O3/c22-19(27)16-11-23-20(24-17(16)13-2-1-3-13)25(4-5-26)18-14-6-12-7-15(18)10-21(28,8-12)9-14/h11-15,18,26,28H,1-10H2,(H2,22,27). The van der Waals surface area contributed by atoms with Gasteiger partial charge in [0.25, 0.3) is 5.91 Å². The first-order chi connectivity index (χ1) is 13.5. The molecule has 5 aliphatic rings. The summed E-state index contributed by atoms with van der Waals surface area (Å²) in [5, 5.41) is 20.7. The van der Waals surface area contributed by atoms with Crippen molar-refractivity contribution < 1.29 is 15.0 Å². The fraction of sp³-hybridized carbons (Fsp3) is 0.762. The van der Waals surface area contributed by atoms with Crippen LogP contribution in [-0.4, -0.2) is 50.9 Å². The van der Waals surface area contributed by atoms with E-state index in [2.05, 4.69) is 9.88 Å². The molecule has 152 valence electrons. The van der Waals surface area contributed by atoms with Gasteiger partial charge in [0.15, 0.2) is 0 Å². The van der Waals surface area contributed by atoms with Crippen LogP contribution in [0.5, 0.6) is 0 Å². The average molecular weight is 386 g/mol. The van der Waals surface area contributed by atoms with Gasteiger partial charge in [-0.15, -0.1) is 0 Å². The number of hydrogen-bond acceptors (Lipinski definition) is 6. The van der Waals surface area contributed by atoms with Gasteiger partial charge in [0.1, 0.15) is 0 Å². The molecule has 2 unspecified atom stereocenters. The highest BCUT2D eigenvalue weighted by Gasteiger charge is 2.56. The van der Waals surface area contributed by atoms with E-state index in [-0.39, 0.29) is 18.6 Å². The van der Waals surface area contributed by atoms with Crippen molar-refractivity contribution in [3.05, 3.63) is 17.5 Å². The van der Waals surface area contributed by atoms with Gasteiger partial charge in [-0.2, -0.15) is 0 Å². The van der Waals surface area contributed by atoms with Crippen molar-refractivity contribution in [3.8, 4) is 0 Å². The molecule has 1 aromatic heterocycles. The summed E-state index contributed by atoms with van der Waals surface area (Å²) in [6, 6.07) is 0.248. The van der Waals surface area contributed by atoms with Crippen LogP contribution in [0.3, 0.4) is 0 Å². The van der Waals surface area contributed by atoms with E-state index < -0.39 is 11.5 Å². The highest BCUT2D eigenvalue weighted by Crippen LogP contribution is 2.57. The lowest BCUT2D eigenvalue weighted by molar-refractivity contribution is -0.134. The fourth-order valence-corrected chi connectivity index (χ4v) is 6.66. The van der Waals surface area contributed by atoms with Crippen molar-refractivity contribution in [2.24, 2.45) is 23.5 Å². The van der Waals surface area contributed by atoms with Crippen molar-refractivity contribution in [2.45, 2.75) is 68.9 Å². The molecule has 2 atom stereocenters. The van der Waals surface area contributed by atoms with E-state index in [1.54, 1.807) is 6.20 Å². The molecule has 0 aliphatic heterocycles. The van der Waals surface area contributed by atoms with E-state index in [0.717, 1.165) is 57.1 Å². The minimum absolute atomic E-state index is 0.0311. The Balaban J connectivity index is 1.50. The maximum absolute atomic E-state index is 11.9. The lowest BCUT2D eigenvalue weighted by Gasteiger charge is -2.60. The number of carbonyl (C=O) groups is 1. The molecule has 7 nitrogen and oxygen atoms in total. The summed E-state index contributed by atoms with van der Waals surface area (Å²) in [6.45, 7) is 0.504. The van der Waals surface area contributed by atoms with Gasteiger partial charge < -0.3 is 20.8 Å². The van der Waals surface area contributed by atoms with Crippen LogP contribution in [-0.2, 0) is 0 Å². The van der Waals surface area contributed by atoms with Gasteiger partial charge in [0, 0.05) is 24.7 Å². The predicted molar refractivity (Wildman–Crippen MR) is 104 cm³/mol. The van der Waals surface area contributed by atoms with E-state index in [0.29, 0.717) is 35.8 Å². The van der Waals surface area contributed by atoms with E-state index in [4.69, 9.17) is 10.7 Å². The van der Waals surface area contributed by atoms with Crippen LogP contribution in [0, 0.1) is 17.8 Å². The first-order valence-electron chi connectivity index (χ1n) is 10.7. The van der Waals surface area contributed by atoms with Crippen LogP contribution >= 0.6 is 0 Å². The van der Waals surface area contributed by atoms with Crippen molar-refractivity contribution in [1.29, 1.82) is 0 Å². The van der Waals surface area contributed by atoms with Crippen LogP contribution < -0.4 is 10.6 Å². The molecule has 28 heavy (non-hydrogen) atoms. The predicted octanol–water partition coefficient (Wildman–Crippen LogP) is 1.58. The molecule has 4 N–H and O–H groups in total. The van der Waals surface area contributed by atoms with Crippen molar-refractivity contribution in [1.82, 2.24) is 9.97 Å². The molecule has 5 saturated carbocycles. The molecular formula is C21H30N4O3. The van der Waals surface area contributed by atoms with Crippen LogP contribution in [0.15, 0.2) is 6.20 Å². The normalized spacial score (nSPS) is 36.4. The van der Waals surface area contributed by atoms with E-state index in [9.17, 15) is 15.0 Å². The molecular weight excluding hydrogens is 356 g/mol. The Morgan fingerprint density at radius 1 is 1.25 bits per heavy atom. The van der Waals surface area contributed by atoms with Gasteiger partial charge in [-0.1, -0.05) is 6.42 Å². The van der Waals surface area contributed by atoms with Crippen molar-refractivity contribution in [2.75, 3.05) is 18.1 Å². The monoisotopic (exact) mass is 386 g/mol. The van der Waals surface area contributed by atoms with Gasteiger partial charge in [-0.25, -0.2) is 9.97 Å². The molecule has 0 saturated heterocycles. The van der Waals surface area contributed by atoms with Gasteiger partial charge >= 0.3 is 0 Å². The minimum Gasteiger partial charge on any atom is -0.395 e. The molecule has 6 rings (SSSR count). The van der Waals surface area contributed by atoms with Gasteiger partial charge in [0.2, 0.25) is 5.95 Å². The summed E-state index contributed by atoms with van der Waals surface area (Å²) in [5.41, 5.74) is 6.27. The molecule has 5 fully saturated rings. The second-order valence-corrected chi connectivity index (χ2v) is 9.56. The van der Waals surface area contributed by atoms with Crippen LogP contribution in [0.4, 0.5) is 5.95 Å². The number of aliphatic hydroxyl groups excluding tert-OH is 1. The van der Waals surface area contributed by atoms with E-state index in [1.165, 1.54) is 0 Å². The number of rotatable bonds is 6.